The molecule has 5 aromatic rings. The molecule has 0 spiro atoms. The van der Waals surface area contributed by atoms with Crippen molar-refractivity contribution >= 4 is 23.4 Å². The van der Waals surface area contributed by atoms with E-state index in [1.54, 1.807) is 35.0 Å². The number of rotatable bonds is 10. The number of urea groups is 1. The largest absolute Gasteiger partial charge is 0.481 e. The highest BCUT2D eigenvalue weighted by Gasteiger charge is 2.27. The van der Waals surface area contributed by atoms with Crippen molar-refractivity contribution in [3.8, 4) is 29.2 Å². The van der Waals surface area contributed by atoms with E-state index < -0.39 is 0 Å². The maximum Gasteiger partial charge on any atom is 0.328 e. The maximum atomic E-state index is 13.7. The summed E-state index contributed by atoms with van der Waals surface area (Å²) in [6, 6.07) is 26.1. The van der Waals surface area contributed by atoms with Gasteiger partial charge < -0.3 is 24.4 Å². The molecule has 6 rings (SSSR count). The van der Waals surface area contributed by atoms with Crippen LogP contribution in [0.2, 0.25) is 0 Å². The molecule has 0 saturated carbocycles. The molecule has 0 atom stereocenters. The van der Waals surface area contributed by atoms with Crippen molar-refractivity contribution in [1.82, 2.24) is 24.6 Å². The van der Waals surface area contributed by atoms with E-state index in [0.29, 0.717) is 36.1 Å². The first-order chi connectivity index (χ1) is 25.0. The van der Waals surface area contributed by atoms with Gasteiger partial charge in [-0.15, -0.1) is 0 Å². The first-order valence-corrected chi connectivity index (χ1v) is 17.4. The number of aryl methyl sites for hydroxylation is 1. The fraction of sp³-hybridized carbons (Fsp3) is 0.325. The van der Waals surface area contributed by atoms with E-state index in [1.165, 1.54) is 14.2 Å². The summed E-state index contributed by atoms with van der Waals surface area (Å²) in [4.78, 5) is 37.5. The molecule has 2 N–H and O–H groups in total. The monoisotopic (exact) mass is 703 g/mol. The average molecular weight is 704 g/mol. The van der Waals surface area contributed by atoms with Gasteiger partial charge in [0.1, 0.15) is 11.6 Å². The summed E-state index contributed by atoms with van der Waals surface area (Å²) in [6.45, 7) is 9.52. The zero-order valence-electron chi connectivity index (χ0n) is 30.5. The second-order valence-electron chi connectivity index (χ2n) is 13.9. The highest BCUT2D eigenvalue weighted by Crippen LogP contribution is 2.31. The Balaban J connectivity index is 1.09. The Kier molecular flexibility index (Phi) is 10.7. The second-order valence-corrected chi connectivity index (χ2v) is 13.9. The molecular weight excluding hydrogens is 658 g/mol. The lowest BCUT2D eigenvalue weighted by atomic mass is 9.89. The molecule has 1 aliphatic rings. The van der Waals surface area contributed by atoms with Gasteiger partial charge >= 0.3 is 12.0 Å². The number of para-hydroxylation sites is 2. The molecule has 3 aromatic carbocycles. The van der Waals surface area contributed by atoms with Gasteiger partial charge in [0.15, 0.2) is 0 Å². The van der Waals surface area contributed by atoms with Gasteiger partial charge in [0.25, 0.3) is 5.91 Å². The Morgan fingerprint density at radius 3 is 2.17 bits per heavy atom. The van der Waals surface area contributed by atoms with E-state index in [9.17, 15) is 9.59 Å². The van der Waals surface area contributed by atoms with Gasteiger partial charge in [-0.1, -0.05) is 68.8 Å². The Labute approximate surface area is 304 Å². The summed E-state index contributed by atoms with van der Waals surface area (Å²) in [7, 11) is 2.98. The summed E-state index contributed by atoms with van der Waals surface area (Å²) in [6.07, 6.45) is 2.40. The van der Waals surface area contributed by atoms with E-state index in [-0.39, 0.29) is 35.1 Å². The summed E-state index contributed by atoms with van der Waals surface area (Å²) in [5.74, 6) is 1.71. The van der Waals surface area contributed by atoms with Gasteiger partial charge in [-0.05, 0) is 68.0 Å². The fourth-order valence-corrected chi connectivity index (χ4v) is 6.10. The quantitative estimate of drug-likeness (QED) is 0.151. The van der Waals surface area contributed by atoms with E-state index in [4.69, 9.17) is 19.3 Å². The molecule has 0 bridgehead atoms. The molecule has 0 aliphatic carbocycles. The first-order valence-electron chi connectivity index (χ1n) is 17.4. The zero-order valence-corrected chi connectivity index (χ0v) is 30.5. The number of hydrogen-bond donors (Lipinski definition) is 2. The highest BCUT2D eigenvalue weighted by atomic mass is 16.5. The Morgan fingerprint density at radius 2 is 1.50 bits per heavy atom. The van der Waals surface area contributed by atoms with Crippen molar-refractivity contribution in [1.29, 1.82) is 0 Å². The number of amides is 3. The van der Waals surface area contributed by atoms with Crippen LogP contribution >= 0.6 is 0 Å². The predicted octanol–water partition coefficient (Wildman–Crippen LogP) is 7.82. The Morgan fingerprint density at radius 1 is 0.846 bits per heavy atom. The van der Waals surface area contributed by atoms with Crippen LogP contribution in [0.15, 0.2) is 84.9 Å². The van der Waals surface area contributed by atoms with E-state index >= 15 is 0 Å². The molecule has 0 radical (unpaired) electrons. The van der Waals surface area contributed by atoms with E-state index in [0.717, 1.165) is 47.5 Å². The van der Waals surface area contributed by atoms with Crippen molar-refractivity contribution in [2.24, 2.45) is 5.92 Å². The van der Waals surface area contributed by atoms with Gasteiger partial charge in [-0.2, -0.15) is 15.1 Å². The average Bonchev–Trinajstić information content (AvgIpc) is 3.57. The molecule has 3 heterocycles. The van der Waals surface area contributed by atoms with E-state index in [1.807, 2.05) is 66.4 Å². The summed E-state index contributed by atoms with van der Waals surface area (Å²) in [5, 5.41) is 10.9. The zero-order chi connectivity index (χ0) is 36.8. The van der Waals surface area contributed by atoms with Crippen LogP contribution in [0.3, 0.4) is 0 Å². The van der Waals surface area contributed by atoms with Crippen LogP contribution in [-0.2, 0) is 11.8 Å². The fourth-order valence-electron chi connectivity index (χ4n) is 6.10. The molecule has 1 saturated heterocycles. The van der Waals surface area contributed by atoms with Crippen molar-refractivity contribution < 1.29 is 23.8 Å². The molecule has 1 fully saturated rings. The third-order valence-corrected chi connectivity index (χ3v) is 9.07. The molecule has 0 unspecified atom stereocenters. The molecule has 12 nitrogen and oxygen atoms in total. The number of ether oxygens (including phenoxy) is 3. The predicted molar refractivity (Wildman–Crippen MR) is 200 cm³/mol. The van der Waals surface area contributed by atoms with Crippen LogP contribution in [-0.4, -0.2) is 63.9 Å². The topological polar surface area (TPSA) is 133 Å². The van der Waals surface area contributed by atoms with Crippen LogP contribution in [0.1, 0.15) is 60.8 Å². The standard InChI is InChI=1S/C40H45N7O5/c1-26-15-17-29(18-16-26)47-34(24-33(45-47)40(2,3)4)42-38(49)41-31-13-9-7-11-28(31)23-27-19-21-46(22-20-27)37(48)30-12-8-10-14-32(30)52-39-43-35(50-5)25-36(44-39)51-6/h7-18,24-25,27H,19-23H2,1-6H3,(H2,41,42,49). The van der Waals surface area contributed by atoms with Crippen molar-refractivity contribution in [3.05, 3.63) is 107 Å². The number of aromatic nitrogens is 4. The number of likely N-dealkylation sites (tertiary alicyclic amines) is 1. The number of benzene rings is 3. The molecule has 2 aromatic heterocycles. The van der Waals surface area contributed by atoms with Gasteiger partial charge in [0, 0.05) is 30.3 Å². The molecule has 52 heavy (non-hydrogen) atoms. The summed E-state index contributed by atoms with van der Waals surface area (Å²) >= 11 is 0. The third-order valence-electron chi connectivity index (χ3n) is 9.07. The lowest BCUT2D eigenvalue weighted by molar-refractivity contribution is 0.0688. The van der Waals surface area contributed by atoms with Crippen LogP contribution in [0, 0.1) is 12.8 Å². The molecule has 270 valence electrons. The molecule has 12 heteroatoms. The summed E-state index contributed by atoms with van der Waals surface area (Å²) < 4.78 is 18.2. The molecule has 1 aliphatic heterocycles. The van der Waals surface area contributed by atoms with Gasteiger partial charge in [0.2, 0.25) is 11.8 Å². The minimum atomic E-state index is -0.347. The second kappa shape index (κ2) is 15.5. The smallest absolute Gasteiger partial charge is 0.328 e. The lowest BCUT2D eigenvalue weighted by Gasteiger charge is -2.32. The number of nitrogens with zero attached hydrogens (tertiary/aromatic N) is 5. The Hall–Kier alpha value is -5.91. The number of anilines is 2. The van der Waals surface area contributed by atoms with Gasteiger partial charge in [-0.25, -0.2) is 9.48 Å². The van der Waals surface area contributed by atoms with Crippen LogP contribution in [0.25, 0.3) is 5.69 Å². The Bertz CT molecular complexity index is 2010. The van der Waals surface area contributed by atoms with Crippen molar-refractivity contribution in [2.75, 3.05) is 37.9 Å². The van der Waals surface area contributed by atoms with E-state index in [2.05, 4.69) is 41.4 Å². The van der Waals surface area contributed by atoms with Gasteiger partial charge in [-0.3, -0.25) is 10.1 Å². The maximum absolute atomic E-state index is 13.7. The van der Waals surface area contributed by atoms with Crippen LogP contribution < -0.4 is 24.8 Å². The summed E-state index contributed by atoms with van der Waals surface area (Å²) in [5.41, 5.74) is 4.89. The first kappa shape index (κ1) is 35.9. The SMILES string of the molecule is COc1cc(OC)nc(Oc2ccccc2C(=O)N2CCC(Cc3ccccc3NC(=O)Nc3cc(C(C)(C)C)nn3-c3ccc(C)cc3)CC2)n1. The van der Waals surface area contributed by atoms with Crippen molar-refractivity contribution in [3.63, 3.8) is 0 Å². The van der Waals surface area contributed by atoms with Crippen LogP contribution in [0.4, 0.5) is 16.3 Å². The third kappa shape index (κ3) is 8.51. The number of piperidine rings is 1. The molecule has 3 amide bonds. The minimum absolute atomic E-state index is 0.0164. The normalized spacial score (nSPS) is 13.4. The number of carbonyl (C=O) groups excluding carboxylic acids is 2. The minimum Gasteiger partial charge on any atom is -0.481 e. The number of nitrogens with one attached hydrogen (secondary N) is 2. The number of carbonyl (C=O) groups is 2. The van der Waals surface area contributed by atoms with Gasteiger partial charge in [0.05, 0.1) is 37.2 Å². The van der Waals surface area contributed by atoms with Crippen LogP contribution in [0.5, 0.6) is 23.5 Å². The lowest BCUT2D eigenvalue weighted by Crippen LogP contribution is -2.39. The highest BCUT2D eigenvalue weighted by molar-refractivity contribution is 6.00. The number of hydrogen-bond acceptors (Lipinski definition) is 8. The number of methoxy groups -OCH3 is 2. The van der Waals surface area contributed by atoms with Crippen molar-refractivity contribution in [2.45, 2.75) is 52.4 Å². The molecular formula is C40H45N7O5.